The Morgan fingerprint density at radius 2 is 2.00 bits per heavy atom. The third-order valence-corrected chi connectivity index (χ3v) is 4.26. The van der Waals surface area contributed by atoms with Crippen LogP contribution in [-0.2, 0) is 0 Å². The van der Waals surface area contributed by atoms with Crippen molar-refractivity contribution < 1.29 is 5.11 Å². The maximum atomic E-state index is 11.6. The number of hydrogen-bond acceptors (Lipinski definition) is 2. The van der Waals surface area contributed by atoms with Crippen molar-refractivity contribution in [3.05, 3.63) is 40.1 Å². The Hall–Kier alpha value is -1.05. The second kappa shape index (κ2) is 3.02. The molecule has 66 valence electrons. The summed E-state index contributed by atoms with van der Waals surface area (Å²) in [5.74, 6) is 0. The summed E-state index contributed by atoms with van der Waals surface area (Å²) in [6.07, 6.45) is 0. The van der Waals surface area contributed by atoms with Crippen LogP contribution in [0.15, 0.2) is 29.1 Å². The molecule has 2 nitrogen and oxygen atoms in total. The second-order valence-corrected chi connectivity index (χ2v) is 5.02. The molecule has 1 heterocycles. The molecule has 0 aliphatic heterocycles. The summed E-state index contributed by atoms with van der Waals surface area (Å²) in [5.41, 5.74) is 0.458. The van der Waals surface area contributed by atoms with Gasteiger partial charge in [-0.2, -0.15) is 0 Å². The molecule has 0 atom stereocenters. The number of hydrogen-bond donors (Lipinski definition) is 1. The maximum absolute atomic E-state index is 11.6. The Kier molecular flexibility index (Phi) is 1.98. The Labute approximate surface area is 81.2 Å². The van der Waals surface area contributed by atoms with Crippen LogP contribution in [0.2, 0.25) is 0 Å². The molecular weight excluding hydrogens is 231 g/mol. The molecule has 0 unspecified atom stereocenters. The first-order chi connectivity index (χ1) is 6.20. The Bertz CT molecular complexity index is 514. The van der Waals surface area contributed by atoms with Crippen molar-refractivity contribution in [3.63, 3.8) is 0 Å². The molecule has 0 saturated heterocycles. The van der Waals surface area contributed by atoms with E-state index in [0.29, 0.717) is 5.56 Å². The van der Waals surface area contributed by atoms with Crippen LogP contribution in [0.4, 0.5) is 0 Å². The zero-order chi connectivity index (χ0) is 9.42. The van der Waals surface area contributed by atoms with E-state index in [1.807, 2.05) is 24.3 Å². The van der Waals surface area contributed by atoms with Crippen LogP contribution in [0.1, 0.15) is 5.56 Å². The zero-order valence-electron chi connectivity index (χ0n) is 7.07. The number of fused-ring (bicyclic) bond motifs is 1. The van der Waals surface area contributed by atoms with Crippen molar-refractivity contribution in [1.82, 2.24) is 0 Å². The summed E-state index contributed by atoms with van der Waals surface area (Å²) in [4.78, 5) is 11.6. The van der Waals surface area contributed by atoms with Crippen LogP contribution >= 0.6 is 0 Å². The fourth-order valence-corrected chi connectivity index (χ4v) is 3.05. The molecule has 0 amide bonds. The first kappa shape index (κ1) is 8.54. The molecule has 0 spiro atoms. The van der Waals surface area contributed by atoms with Gasteiger partial charge in [0.2, 0.25) is 0 Å². The van der Waals surface area contributed by atoms with Gasteiger partial charge >= 0.3 is 80.9 Å². The van der Waals surface area contributed by atoms with Crippen molar-refractivity contribution >= 4 is 24.1 Å². The summed E-state index contributed by atoms with van der Waals surface area (Å²) in [6.45, 7) is 1.68. The predicted molar refractivity (Wildman–Crippen MR) is 53.6 cm³/mol. The average Bonchev–Trinajstić information content (AvgIpc) is 2.15. The minimum atomic E-state index is -0.0887. The van der Waals surface area contributed by atoms with E-state index in [-0.39, 0.29) is 24.6 Å². The molecule has 13 heavy (non-hydrogen) atoms. The van der Waals surface area contributed by atoms with Crippen LogP contribution in [0.5, 0.6) is 4.62 Å². The van der Waals surface area contributed by atoms with E-state index >= 15 is 0 Å². The van der Waals surface area contributed by atoms with Gasteiger partial charge in [0.1, 0.15) is 0 Å². The zero-order valence-corrected chi connectivity index (χ0v) is 8.79. The third-order valence-electron chi connectivity index (χ3n) is 2.00. The van der Waals surface area contributed by atoms with Gasteiger partial charge in [0.25, 0.3) is 0 Å². The summed E-state index contributed by atoms with van der Waals surface area (Å²) in [5, 5.41) is 10.2. The molecule has 0 aliphatic carbocycles. The van der Waals surface area contributed by atoms with Crippen molar-refractivity contribution in [1.29, 1.82) is 0 Å². The van der Waals surface area contributed by atoms with E-state index in [4.69, 9.17) is 0 Å². The number of benzene rings is 1. The average molecular weight is 239 g/mol. The van der Waals surface area contributed by atoms with Gasteiger partial charge in [-0.05, 0) is 0 Å². The fourth-order valence-electron chi connectivity index (χ4n) is 1.22. The van der Waals surface area contributed by atoms with Gasteiger partial charge in [0.05, 0.1) is 0 Å². The monoisotopic (exact) mass is 240 g/mol. The molecule has 3 heteroatoms. The molecule has 0 aliphatic rings. The van der Waals surface area contributed by atoms with Crippen molar-refractivity contribution in [2.75, 3.05) is 0 Å². The van der Waals surface area contributed by atoms with Crippen LogP contribution in [0.3, 0.4) is 0 Å². The van der Waals surface area contributed by atoms with Crippen molar-refractivity contribution in [2.45, 2.75) is 6.92 Å². The predicted octanol–water partition coefficient (Wildman–Crippen LogP) is 1.27. The Morgan fingerprint density at radius 1 is 1.31 bits per heavy atom. The van der Waals surface area contributed by atoms with Gasteiger partial charge in [-0.1, -0.05) is 0 Å². The van der Waals surface area contributed by atoms with Crippen LogP contribution < -0.4 is 5.43 Å². The molecule has 1 aromatic heterocycles. The molecule has 0 radical (unpaired) electrons. The molecule has 0 saturated carbocycles. The topological polar surface area (TPSA) is 37.3 Å². The molecule has 2 aromatic rings. The molecule has 0 fully saturated rings. The fraction of sp³-hybridized carbons (Fsp3) is 0.100. The van der Waals surface area contributed by atoms with Crippen molar-refractivity contribution in [3.8, 4) is 4.62 Å². The van der Waals surface area contributed by atoms with E-state index in [1.54, 1.807) is 6.92 Å². The first-order valence-corrected chi connectivity index (χ1v) is 5.63. The summed E-state index contributed by atoms with van der Waals surface area (Å²) in [7, 11) is 0. The van der Waals surface area contributed by atoms with E-state index in [0.717, 1.165) is 9.65 Å². The van der Waals surface area contributed by atoms with E-state index in [1.165, 1.54) is 0 Å². The Balaban J connectivity index is 3.03. The van der Waals surface area contributed by atoms with Crippen LogP contribution in [-0.4, -0.2) is 19.6 Å². The van der Waals surface area contributed by atoms with Crippen molar-refractivity contribution in [2.24, 2.45) is 0 Å². The quantitative estimate of drug-likeness (QED) is 0.703. The molecular formula is C10H8O2Se. The van der Waals surface area contributed by atoms with Gasteiger partial charge in [0.15, 0.2) is 0 Å². The minimum absolute atomic E-state index is 0.0405. The SMILES string of the molecule is Cc1c(O)[se]c2ccccc2c1=O. The third kappa shape index (κ3) is 1.30. The molecule has 1 N–H and O–H groups in total. The van der Waals surface area contributed by atoms with E-state index in [2.05, 4.69) is 0 Å². The molecule has 2 rings (SSSR count). The Morgan fingerprint density at radius 3 is 2.77 bits per heavy atom. The van der Waals surface area contributed by atoms with E-state index in [9.17, 15) is 9.90 Å². The second-order valence-electron chi connectivity index (χ2n) is 2.86. The summed E-state index contributed by atoms with van der Waals surface area (Å²) < 4.78 is 1.24. The van der Waals surface area contributed by atoms with Gasteiger partial charge in [-0.15, -0.1) is 0 Å². The normalized spacial score (nSPS) is 10.5. The number of rotatable bonds is 0. The standard InChI is InChI=1S/C10H8O2Se/c1-6-9(11)7-4-2-3-5-8(7)13-10(6)12/h2-5,12H,1H3. The van der Waals surface area contributed by atoms with Crippen LogP contribution in [0.25, 0.3) is 9.65 Å². The summed E-state index contributed by atoms with van der Waals surface area (Å²) in [6, 6.07) is 7.45. The summed E-state index contributed by atoms with van der Waals surface area (Å²) >= 11 is -0.0887. The number of aromatic hydroxyl groups is 1. The van der Waals surface area contributed by atoms with Crippen LogP contribution in [0, 0.1) is 6.92 Å². The van der Waals surface area contributed by atoms with Gasteiger partial charge in [-0.25, -0.2) is 0 Å². The van der Waals surface area contributed by atoms with Gasteiger partial charge in [0, 0.05) is 0 Å². The first-order valence-electron chi connectivity index (χ1n) is 3.91. The van der Waals surface area contributed by atoms with Gasteiger partial charge < -0.3 is 0 Å². The molecule has 1 aromatic carbocycles. The van der Waals surface area contributed by atoms with E-state index < -0.39 is 0 Å². The molecule has 0 bridgehead atoms. The van der Waals surface area contributed by atoms with Gasteiger partial charge in [-0.3, -0.25) is 0 Å².